The van der Waals surface area contributed by atoms with Crippen molar-refractivity contribution in [2.24, 2.45) is 11.8 Å². The van der Waals surface area contributed by atoms with E-state index in [2.05, 4.69) is 4.52 Å². The fourth-order valence-corrected chi connectivity index (χ4v) is 7.48. The van der Waals surface area contributed by atoms with E-state index in [1.54, 1.807) is 19.4 Å². The van der Waals surface area contributed by atoms with E-state index in [4.69, 9.17) is 27.9 Å². The molecule has 0 aromatic carbocycles. The molecule has 0 rings (SSSR count). The van der Waals surface area contributed by atoms with Crippen LogP contribution in [0, 0.1) is 11.8 Å². The highest BCUT2D eigenvalue weighted by atomic mass is 31.2. The molecule has 8 atom stereocenters. The summed E-state index contributed by atoms with van der Waals surface area (Å²) in [5.74, 6) is -1.32. The molecule has 0 heterocycles. The van der Waals surface area contributed by atoms with Crippen LogP contribution in [0.5, 0.6) is 0 Å². The van der Waals surface area contributed by atoms with Gasteiger partial charge in [-0.1, -0.05) is 27.2 Å². The fourth-order valence-electron chi connectivity index (χ4n) is 4.69. The van der Waals surface area contributed by atoms with Gasteiger partial charge in [0.1, 0.15) is 0 Å². The van der Waals surface area contributed by atoms with Gasteiger partial charge in [-0.2, -0.15) is 11.1 Å². The maximum Gasteiger partial charge on any atom is 0.472 e. The molecular weight excluding hydrogens is 655 g/mol. The van der Waals surface area contributed by atoms with E-state index in [9.17, 15) is 37.6 Å². The van der Waals surface area contributed by atoms with Gasteiger partial charge in [0.15, 0.2) is 0 Å². The zero-order valence-corrected chi connectivity index (χ0v) is 29.1. The molecule has 0 radical (unpaired) electrons. The third kappa shape index (κ3) is 19.0. The van der Waals surface area contributed by atoms with Crippen molar-refractivity contribution in [3.63, 3.8) is 0 Å². The average Bonchev–Trinajstić information content (AvgIpc) is 2.92. The molecule has 0 saturated heterocycles. The summed E-state index contributed by atoms with van der Waals surface area (Å²) in [7, 11) is -14.3. The zero-order valence-electron chi connectivity index (χ0n) is 26.4. The molecule has 7 N–H and O–H groups in total. The molecule has 0 spiro atoms. The Labute approximate surface area is 259 Å². The summed E-state index contributed by atoms with van der Waals surface area (Å²) in [6, 6.07) is -1.33. The van der Waals surface area contributed by atoms with Gasteiger partial charge in [-0.15, -0.1) is 8.96 Å². The maximum atomic E-state index is 13.1. The number of nitrogens with one attached hydrogen (secondary N) is 2. The molecule has 8 unspecified atom stereocenters. The van der Waals surface area contributed by atoms with Gasteiger partial charge in [0.2, 0.25) is 0 Å². The van der Waals surface area contributed by atoms with Crippen molar-refractivity contribution in [3.8, 4) is 0 Å². The normalized spacial score (nSPS) is 20.9. The van der Waals surface area contributed by atoms with Crippen LogP contribution in [0.4, 0.5) is 8.96 Å². The highest BCUT2D eigenvalue weighted by Crippen LogP contribution is 2.53. The van der Waals surface area contributed by atoms with Gasteiger partial charge < -0.3 is 24.7 Å². The van der Waals surface area contributed by atoms with Crippen molar-refractivity contribution in [2.75, 3.05) is 26.4 Å². The van der Waals surface area contributed by atoms with Crippen molar-refractivity contribution in [1.29, 1.82) is 0 Å². The monoisotopic (exact) mass is 708 g/mol. The van der Waals surface area contributed by atoms with Crippen LogP contribution in [0.25, 0.3) is 0 Å². The van der Waals surface area contributed by atoms with Crippen LogP contribution in [0.15, 0.2) is 0 Å². The molecule has 15 nitrogen and oxygen atoms in total. The molecule has 0 aromatic rings. The molecule has 266 valence electrons. The zero-order chi connectivity index (χ0) is 34.2. The van der Waals surface area contributed by atoms with Crippen molar-refractivity contribution < 1.29 is 70.0 Å². The minimum Gasteiger partial charge on any atom is -0.396 e. The third-order valence-electron chi connectivity index (χ3n) is 7.24. The number of hydrogen-bond donors (Lipinski definition) is 7. The lowest BCUT2D eigenvalue weighted by atomic mass is 9.83. The molecule has 0 bridgehead atoms. The van der Waals surface area contributed by atoms with Crippen LogP contribution < -0.4 is 11.1 Å². The molecule has 0 aromatic heterocycles. The standard InChI is InChI=1S/C24H53F2N2O13P3/c1-7-10-24(9-3,15-21(13-19(4)27-25)17-38-42(30,31)32)41-43(33,34)37-12-11-23(6,8-2)40-44(35,36)39-18-22(16-29)14-20(5)28-26/h19-22,27-29H,7-18H2,1-6H3,(H,33,34)(H,35,36)(H2,30,31,32). The second-order valence-corrected chi connectivity index (χ2v) is 15.5. The SMILES string of the molecule is CCCC(CC)(CC(COP(=O)(O)O)CC(C)NF)OP(=O)(O)OCCC(C)(CC)OP(=O)(O)OCC(CO)CC(C)NF. The van der Waals surface area contributed by atoms with E-state index < -0.39 is 78.4 Å². The van der Waals surface area contributed by atoms with Crippen molar-refractivity contribution in [3.05, 3.63) is 0 Å². The van der Waals surface area contributed by atoms with Crippen molar-refractivity contribution in [1.82, 2.24) is 11.1 Å². The highest BCUT2D eigenvalue weighted by Gasteiger charge is 2.41. The van der Waals surface area contributed by atoms with Gasteiger partial charge >= 0.3 is 23.5 Å². The number of rotatable bonds is 27. The summed E-state index contributed by atoms with van der Waals surface area (Å²) in [6.07, 6.45) is 1.19. The van der Waals surface area contributed by atoms with E-state index in [0.29, 0.717) is 6.42 Å². The lowest BCUT2D eigenvalue weighted by molar-refractivity contribution is -0.0240. The Balaban J connectivity index is 5.51. The molecule has 0 aliphatic rings. The fraction of sp³-hybridized carbons (Fsp3) is 1.00. The quantitative estimate of drug-likeness (QED) is 0.0441. The summed E-state index contributed by atoms with van der Waals surface area (Å²) >= 11 is 0. The molecule has 0 amide bonds. The van der Waals surface area contributed by atoms with Gasteiger partial charge in [-0.3, -0.25) is 22.6 Å². The summed E-state index contributed by atoms with van der Waals surface area (Å²) in [6.45, 7) is 7.97. The smallest absolute Gasteiger partial charge is 0.396 e. The number of aliphatic hydroxyl groups excluding tert-OH is 1. The Kier molecular flexibility index (Phi) is 20.5. The van der Waals surface area contributed by atoms with Crippen LogP contribution in [-0.4, -0.2) is 74.4 Å². The van der Waals surface area contributed by atoms with Crippen LogP contribution in [0.1, 0.15) is 92.9 Å². The molecular formula is C24H53F2N2O13P3. The predicted molar refractivity (Wildman–Crippen MR) is 158 cm³/mol. The molecule has 44 heavy (non-hydrogen) atoms. The van der Waals surface area contributed by atoms with E-state index in [1.807, 2.05) is 6.92 Å². The van der Waals surface area contributed by atoms with E-state index >= 15 is 0 Å². The second-order valence-electron chi connectivity index (χ2n) is 11.5. The van der Waals surface area contributed by atoms with Gasteiger partial charge in [0.05, 0.1) is 31.0 Å². The number of hydrogen-bond acceptors (Lipinski definition) is 11. The highest BCUT2D eigenvalue weighted by molar-refractivity contribution is 7.47. The van der Waals surface area contributed by atoms with E-state index in [1.165, 1.54) is 26.3 Å². The Morgan fingerprint density at radius 3 is 1.75 bits per heavy atom. The average molecular weight is 709 g/mol. The first-order chi connectivity index (χ1) is 20.2. The van der Waals surface area contributed by atoms with Crippen molar-refractivity contribution >= 4 is 23.5 Å². The van der Waals surface area contributed by atoms with Gasteiger partial charge in [-0.25, -0.2) is 13.7 Å². The minimum absolute atomic E-state index is 0.00685. The number of phosphoric ester groups is 3. The molecule has 0 aliphatic carbocycles. The lowest BCUT2D eigenvalue weighted by Crippen LogP contribution is -2.37. The predicted octanol–water partition coefficient (Wildman–Crippen LogP) is 4.99. The van der Waals surface area contributed by atoms with Crippen LogP contribution in [-0.2, 0) is 36.3 Å². The first-order valence-corrected chi connectivity index (χ1v) is 19.1. The second kappa shape index (κ2) is 20.4. The molecule has 0 aliphatic heterocycles. The maximum absolute atomic E-state index is 13.1. The van der Waals surface area contributed by atoms with E-state index in [-0.39, 0.29) is 51.6 Å². The number of phosphoric acid groups is 3. The molecule has 0 saturated carbocycles. The van der Waals surface area contributed by atoms with Gasteiger partial charge in [0, 0.05) is 31.0 Å². The van der Waals surface area contributed by atoms with Gasteiger partial charge in [-0.05, 0) is 65.2 Å². The Hall–Kier alpha value is 0.0700. The molecule has 20 heteroatoms. The van der Waals surface area contributed by atoms with Crippen LogP contribution in [0.3, 0.4) is 0 Å². The Morgan fingerprint density at radius 2 is 1.30 bits per heavy atom. The topological polar surface area (TPSA) is 223 Å². The number of halogens is 2. The first-order valence-electron chi connectivity index (χ1n) is 14.6. The largest absolute Gasteiger partial charge is 0.472 e. The van der Waals surface area contributed by atoms with E-state index in [0.717, 1.165) is 0 Å². The summed E-state index contributed by atoms with van der Waals surface area (Å²) in [5.41, 5.74) is 0.433. The van der Waals surface area contributed by atoms with Crippen molar-refractivity contribution in [2.45, 2.75) is 116 Å². The van der Waals surface area contributed by atoms with Crippen LogP contribution >= 0.6 is 23.5 Å². The Morgan fingerprint density at radius 1 is 0.773 bits per heavy atom. The Bertz CT molecular complexity index is 953. The first kappa shape index (κ1) is 44.1. The summed E-state index contributed by atoms with van der Waals surface area (Å²) in [5, 5.41) is 9.45. The molecule has 0 fully saturated rings. The minimum atomic E-state index is -4.84. The van der Waals surface area contributed by atoms with Gasteiger partial charge in [0.25, 0.3) is 0 Å². The summed E-state index contributed by atoms with van der Waals surface area (Å²) < 4.78 is 88.4. The summed E-state index contributed by atoms with van der Waals surface area (Å²) in [4.78, 5) is 39.2. The lowest BCUT2D eigenvalue weighted by Gasteiger charge is -2.37. The number of aliphatic hydroxyl groups is 1. The van der Waals surface area contributed by atoms with Crippen LogP contribution in [0.2, 0.25) is 0 Å². The third-order valence-corrected chi connectivity index (χ3v) is 10.0.